The standard InChI is InChI=1S/C12H16N6O/c1-18(12-16-4-2-5-17-12)9-11(19)15-6-3-10-13-7-8-14-10/h2,4-5,7-8H,3,6,9H2,1H3,(H,13,14)(H,15,19). The zero-order valence-electron chi connectivity index (χ0n) is 10.7. The molecule has 2 aromatic rings. The predicted octanol–water partition coefficient (Wildman–Crippen LogP) is -0.00520. The summed E-state index contributed by atoms with van der Waals surface area (Å²) >= 11 is 0. The van der Waals surface area contributed by atoms with E-state index in [1.165, 1.54) is 0 Å². The summed E-state index contributed by atoms with van der Waals surface area (Å²) < 4.78 is 0. The lowest BCUT2D eigenvalue weighted by Crippen LogP contribution is -2.36. The van der Waals surface area contributed by atoms with Gasteiger partial charge in [-0.15, -0.1) is 0 Å². The fourth-order valence-corrected chi connectivity index (χ4v) is 1.59. The highest BCUT2D eigenvalue weighted by Crippen LogP contribution is 2.00. The maximum Gasteiger partial charge on any atom is 0.239 e. The first-order chi connectivity index (χ1) is 9.25. The van der Waals surface area contributed by atoms with Gasteiger partial charge in [-0.05, 0) is 6.07 Å². The Morgan fingerprint density at radius 2 is 2.11 bits per heavy atom. The molecule has 2 N–H and O–H groups in total. The van der Waals surface area contributed by atoms with Crippen molar-refractivity contribution in [3.05, 3.63) is 36.7 Å². The number of rotatable bonds is 6. The molecule has 0 spiro atoms. The Morgan fingerprint density at radius 1 is 1.32 bits per heavy atom. The molecule has 0 saturated heterocycles. The number of aromatic nitrogens is 4. The number of anilines is 1. The number of likely N-dealkylation sites (N-methyl/N-ethyl adjacent to an activating group) is 1. The first kappa shape index (κ1) is 13.0. The van der Waals surface area contributed by atoms with Gasteiger partial charge in [-0.25, -0.2) is 15.0 Å². The number of hydrogen-bond acceptors (Lipinski definition) is 5. The van der Waals surface area contributed by atoms with Crippen molar-refractivity contribution in [1.82, 2.24) is 25.3 Å². The van der Waals surface area contributed by atoms with Crippen molar-refractivity contribution in [3.8, 4) is 0 Å². The van der Waals surface area contributed by atoms with E-state index in [9.17, 15) is 4.79 Å². The van der Waals surface area contributed by atoms with Crippen LogP contribution < -0.4 is 10.2 Å². The van der Waals surface area contributed by atoms with Crippen molar-refractivity contribution < 1.29 is 4.79 Å². The minimum atomic E-state index is -0.0680. The number of nitrogens with one attached hydrogen (secondary N) is 2. The number of aromatic amines is 1. The first-order valence-corrected chi connectivity index (χ1v) is 5.99. The topological polar surface area (TPSA) is 86.8 Å². The van der Waals surface area contributed by atoms with Gasteiger partial charge in [0.05, 0.1) is 6.54 Å². The molecule has 0 aliphatic carbocycles. The molecule has 19 heavy (non-hydrogen) atoms. The smallest absolute Gasteiger partial charge is 0.239 e. The Labute approximate surface area is 111 Å². The summed E-state index contributed by atoms with van der Waals surface area (Å²) in [6.45, 7) is 0.776. The second-order valence-corrected chi connectivity index (χ2v) is 4.04. The van der Waals surface area contributed by atoms with E-state index in [1.54, 1.807) is 42.8 Å². The van der Waals surface area contributed by atoms with Gasteiger partial charge < -0.3 is 15.2 Å². The fraction of sp³-hybridized carbons (Fsp3) is 0.333. The van der Waals surface area contributed by atoms with Gasteiger partial charge in [0.1, 0.15) is 5.82 Å². The maximum absolute atomic E-state index is 11.7. The van der Waals surface area contributed by atoms with Crippen molar-refractivity contribution in [2.75, 3.05) is 25.0 Å². The lowest BCUT2D eigenvalue weighted by molar-refractivity contribution is -0.119. The van der Waals surface area contributed by atoms with Crippen LogP contribution in [0.15, 0.2) is 30.9 Å². The van der Waals surface area contributed by atoms with E-state index >= 15 is 0 Å². The van der Waals surface area contributed by atoms with Crippen LogP contribution in [0, 0.1) is 0 Å². The normalized spacial score (nSPS) is 10.2. The summed E-state index contributed by atoms with van der Waals surface area (Å²) in [4.78, 5) is 28.6. The Morgan fingerprint density at radius 3 is 2.79 bits per heavy atom. The SMILES string of the molecule is CN(CC(=O)NCCc1ncc[nH]1)c1ncccn1. The van der Waals surface area contributed by atoms with Crippen LogP contribution in [0.25, 0.3) is 0 Å². The molecule has 2 rings (SSSR count). The van der Waals surface area contributed by atoms with Crippen LogP contribution in [0.4, 0.5) is 5.95 Å². The molecule has 2 aromatic heterocycles. The monoisotopic (exact) mass is 260 g/mol. The number of hydrogen-bond donors (Lipinski definition) is 2. The van der Waals surface area contributed by atoms with E-state index < -0.39 is 0 Å². The second-order valence-electron chi connectivity index (χ2n) is 4.04. The van der Waals surface area contributed by atoms with Crippen LogP contribution in [0.1, 0.15) is 5.82 Å². The molecule has 0 saturated carbocycles. The van der Waals surface area contributed by atoms with Crippen molar-refractivity contribution in [2.24, 2.45) is 0 Å². The van der Waals surface area contributed by atoms with Crippen molar-refractivity contribution in [2.45, 2.75) is 6.42 Å². The van der Waals surface area contributed by atoms with E-state index in [0.717, 1.165) is 5.82 Å². The van der Waals surface area contributed by atoms with E-state index in [1.807, 2.05) is 0 Å². The van der Waals surface area contributed by atoms with Gasteiger partial charge in [0.2, 0.25) is 11.9 Å². The Kier molecular flexibility index (Phi) is 4.44. The molecule has 1 amide bonds. The van der Waals surface area contributed by atoms with Crippen LogP contribution in [0.5, 0.6) is 0 Å². The van der Waals surface area contributed by atoms with Crippen LogP contribution >= 0.6 is 0 Å². The molecule has 0 atom stereocenters. The first-order valence-electron chi connectivity index (χ1n) is 5.99. The van der Waals surface area contributed by atoms with E-state index in [0.29, 0.717) is 18.9 Å². The molecule has 0 aliphatic rings. The fourth-order valence-electron chi connectivity index (χ4n) is 1.59. The van der Waals surface area contributed by atoms with Crippen LogP contribution in [-0.4, -0.2) is 46.0 Å². The number of H-pyrrole nitrogens is 1. The minimum Gasteiger partial charge on any atom is -0.354 e. The van der Waals surface area contributed by atoms with Gasteiger partial charge in [0, 0.05) is 44.8 Å². The molecule has 100 valence electrons. The summed E-state index contributed by atoms with van der Waals surface area (Å²) in [5, 5.41) is 2.83. The Bertz CT molecular complexity index is 498. The molecule has 0 aromatic carbocycles. The van der Waals surface area contributed by atoms with Crippen LogP contribution in [0.3, 0.4) is 0 Å². The average Bonchev–Trinajstić information content (AvgIpc) is 2.93. The van der Waals surface area contributed by atoms with Gasteiger partial charge in [-0.3, -0.25) is 4.79 Å². The summed E-state index contributed by atoms with van der Waals surface area (Å²) in [6.07, 6.45) is 7.43. The number of carbonyl (C=O) groups excluding carboxylic acids is 1. The molecular weight excluding hydrogens is 244 g/mol. The third kappa shape index (κ3) is 4.06. The van der Waals surface area contributed by atoms with Crippen molar-refractivity contribution in [1.29, 1.82) is 0 Å². The maximum atomic E-state index is 11.7. The quantitative estimate of drug-likeness (QED) is 0.763. The highest BCUT2D eigenvalue weighted by atomic mass is 16.2. The average molecular weight is 260 g/mol. The lowest BCUT2D eigenvalue weighted by Gasteiger charge is -2.15. The van der Waals surface area contributed by atoms with E-state index in [2.05, 4.69) is 25.3 Å². The van der Waals surface area contributed by atoms with Gasteiger partial charge in [-0.2, -0.15) is 0 Å². The summed E-state index contributed by atoms with van der Waals surface area (Å²) in [5.41, 5.74) is 0. The van der Waals surface area contributed by atoms with Gasteiger partial charge in [-0.1, -0.05) is 0 Å². The third-order valence-corrected chi connectivity index (χ3v) is 2.51. The van der Waals surface area contributed by atoms with Crippen LogP contribution in [-0.2, 0) is 11.2 Å². The molecule has 7 nitrogen and oxygen atoms in total. The molecule has 0 unspecified atom stereocenters. The molecule has 2 heterocycles. The predicted molar refractivity (Wildman–Crippen MR) is 70.6 cm³/mol. The second kappa shape index (κ2) is 6.48. The van der Waals surface area contributed by atoms with Crippen LogP contribution in [0.2, 0.25) is 0 Å². The highest BCUT2D eigenvalue weighted by molar-refractivity contribution is 5.80. The van der Waals surface area contributed by atoms with Gasteiger partial charge >= 0.3 is 0 Å². The van der Waals surface area contributed by atoms with Gasteiger partial charge in [0.15, 0.2) is 0 Å². The number of amides is 1. The minimum absolute atomic E-state index is 0.0680. The number of carbonyl (C=O) groups is 1. The Balaban J connectivity index is 1.72. The highest BCUT2D eigenvalue weighted by Gasteiger charge is 2.08. The van der Waals surface area contributed by atoms with Crippen molar-refractivity contribution in [3.63, 3.8) is 0 Å². The Hall–Kier alpha value is -2.44. The number of imidazole rings is 1. The summed E-state index contributed by atoms with van der Waals surface area (Å²) in [6, 6.07) is 1.74. The third-order valence-electron chi connectivity index (χ3n) is 2.51. The molecule has 7 heteroatoms. The van der Waals surface area contributed by atoms with E-state index in [4.69, 9.17) is 0 Å². The zero-order valence-corrected chi connectivity index (χ0v) is 10.7. The molecule has 0 radical (unpaired) electrons. The largest absolute Gasteiger partial charge is 0.354 e. The molecule has 0 bridgehead atoms. The molecular formula is C12H16N6O. The lowest BCUT2D eigenvalue weighted by atomic mass is 10.4. The molecule has 0 aliphatic heterocycles. The van der Waals surface area contributed by atoms with Crippen molar-refractivity contribution >= 4 is 11.9 Å². The summed E-state index contributed by atoms with van der Waals surface area (Å²) in [5.74, 6) is 1.32. The molecule has 0 fully saturated rings. The zero-order chi connectivity index (χ0) is 13.5. The van der Waals surface area contributed by atoms with Gasteiger partial charge in [0.25, 0.3) is 0 Å². The van der Waals surface area contributed by atoms with E-state index in [-0.39, 0.29) is 12.5 Å². The summed E-state index contributed by atoms with van der Waals surface area (Å²) in [7, 11) is 1.78. The number of nitrogens with zero attached hydrogens (tertiary/aromatic N) is 4.